The Kier molecular flexibility index (Phi) is 2.82. The van der Waals surface area contributed by atoms with Gasteiger partial charge in [-0.3, -0.25) is 0 Å². The lowest BCUT2D eigenvalue weighted by molar-refractivity contribution is 0.0680. The molecule has 0 aliphatic carbocycles. The lowest BCUT2D eigenvalue weighted by Gasteiger charge is -2.00. The molecular formula is C12H12N2O3. The molecule has 0 aliphatic rings. The SMILES string of the molecule is COc1ccc(-c2cn(C)c(C(=O)O)n2)cc1. The van der Waals surface area contributed by atoms with E-state index < -0.39 is 5.97 Å². The van der Waals surface area contributed by atoms with Crippen molar-refractivity contribution in [2.75, 3.05) is 7.11 Å². The highest BCUT2D eigenvalue weighted by Crippen LogP contribution is 2.21. The Morgan fingerprint density at radius 3 is 2.47 bits per heavy atom. The van der Waals surface area contributed by atoms with E-state index in [0.29, 0.717) is 5.69 Å². The van der Waals surface area contributed by atoms with Gasteiger partial charge in [0.15, 0.2) is 0 Å². The Hall–Kier alpha value is -2.30. The van der Waals surface area contributed by atoms with Crippen LogP contribution >= 0.6 is 0 Å². The van der Waals surface area contributed by atoms with Crippen molar-refractivity contribution in [1.29, 1.82) is 0 Å². The molecule has 1 aromatic carbocycles. The van der Waals surface area contributed by atoms with Gasteiger partial charge in [0, 0.05) is 18.8 Å². The van der Waals surface area contributed by atoms with E-state index in [2.05, 4.69) is 4.98 Å². The van der Waals surface area contributed by atoms with Crippen molar-refractivity contribution in [2.24, 2.45) is 7.05 Å². The Morgan fingerprint density at radius 2 is 2.00 bits per heavy atom. The zero-order valence-electron chi connectivity index (χ0n) is 9.54. The van der Waals surface area contributed by atoms with E-state index in [1.165, 1.54) is 4.57 Å². The van der Waals surface area contributed by atoms with E-state index in [9.17, 15) is 4.79 Å². The highest BCUT2D eigenvalue weighted by atomic mass is 16.5. The van der Waals surface area contributed by atoms with Crippen LogP contribution in [-0.4, -0.2) is 27.7 Å². The maximum absolute atomic E-state index is 10.9. The summed E-state index contributed by atoms with van der Waals surface area (Å²) in [4.78, 5) is 14.9. The third-order valence-corrected chi connectivity index (χ3v) is 2.45. The van der Waals surface area contributed by atoms with Crippen LogP contribution in [-0.2, 0) is 7.05 Å². The maximum Gasteiger partial charge on any atom is 0.372 e. The zero-order chi connectivity index (χ0) is 12.4. The number of carboxylic acids is 1. The summed E-state index contributed by atoms with van der Waals surface area (Å²) in [6.45, 7) is 0. The van der Waals surface area contributed by atoms with Crippen LogP contribution in [0, 0.1) is 0 Å². The quantitative estimate of drug-likeness (QED) is 0.876. The van der Waals surface area contributed by atoms with Crippen LogP contribution in [0.25, 0.3) is 11.3 Å². The first-order chi connectivity index (χ1) is 8.11. The average Bonchev–Trinajstić information content (AvgIpc) is 2.71. The molecule has 0 saturated heterocycles. The minimum atomic E-state index is -1.03. The van der Waals surface area contributed by atoms with Gasteiger partial charge < -0.3 is 14.4 Å². The van der Waals surface area contributed by atoms with E-state index >= 15 is 0 Å². The molecule has 1 heterocycles. The van der Waals surface area contributed by atoms with Crippen molar-refractivity contribution in [2.45, 2.75) is 0 Å². The second kappa shape index (κ2) is 4.29. The third kappa shape index (κ3) is 2.13. The second-order valence-electron chi connectivity index (χ2n) is 3.59. The first kappa shape index (κ1) is 11.2. The lowest BCUT2D eigenvalue weighted by Crippen LogP contribution is -2.04. The van der Waals surface area contributed by atoms with Gasteiger partial charge in [0.05, 0.1) is 12.8 Å². The fourth-order valence-corrected chi connectivity index (χ4v) is 1.57. The monoisotopic (exact) mass is 232 g/mol. The van der Waals surface area contributed by atoms with Crippen molar-refractivity contribution >= 4 is 5.97 Å². The Bertz CT molecular complexity index is 543. The third-order valence-electron chi connectivity index (χ3n) is 2.45. The number of carbonyl (C=O) groups is 1. The van der Waals surface area contributed by atoms with Crippen LogP contribution in [0.4, 0.5) is 0 Å². The number of hydrogen-bond donors (Lipinski definition) is 1. The predicted molar refractivity (Wildman–Crippen MR) is 62.2 cm³/mol. The molecule has 0 unspecified atom stereocenters. The zero-order valence-corrected chi connectivity index (χ0v) is 9.54. The summed E-state index contributed by atoms with van der Waals surface area (Å²) in [6.07, 6.45) is 1.69. The molecule has 2 rings (SSSR count). The molecule has 0 saturated carbocycles. The minimum Gasteiger partial charge on any atom is -0.497 e. The van der Waals surface area contributed by atoms with E-state index in [1.54, 1.807) is 20.4 Å². The topological polar surface area (TPSA) is 64.3 Å². The van der Waals surface area contributed by atoms with Gasteiger partial charge in [0.2, 0.25) is 5.82 Å². The van der Waals surface area contributed by atoms with Gasteiger partial charge in [-0.1, -0.05) is 0 Å². The smallest absolute Gasteiger partial charge is 0.372 e. The number of aromatic nitrogens is 2. The van der Waals surface area contributed by atoms with Gasteiger partial charge in [-0.05, 0) is 24.3 Å². The van der Waals surface area contributed by atoms with Crippen molar-refractivity contribution in [3.63, 3.8) is 0 Å². The maximum atomic E-state index is 10.9. The van der Waals surface area contributed by atoms with E-state index in [0.717, 1.165) is 11.3 Å². The summed E-state index contributed by atoms with van der Waals surface area (Å²) in [5.74, 6) is -0.258. The first-order valence-corrected chi connectivity index (χ1v) is 5.03. The van der Waals surface area contributed by atoms with Crippen LogP contribution in [0.2, 0.25) is 0 Å². The summed E-state index contributed by atoms with van der Waals surface area (Å²) in [5, 5.41) is 8.90. The number of hydrogen-bond acceptors (Lipinski definition) is 3. The summed E-state index contributed by atoms with van der Waals surface area (Å²) >= 11 is 0. The molecule has 1 N–H and O–H groups in total. The van der Waals surface area contributed by atoms with E-state index in [-0.39, 0.29) is 5.82 Å². The molecule has 5 nitrogen and oxygen atoms in total. The van der Waals surface area contributed by atoms with Gasteiger partial charge >= 0.3 is 5.97 Å². The molecule has 0 radical (unpaired) electrons. The fourth-order valence-electron chi connectivity index (χ4n) is 1.57. The number of methoxy groups -OCH3 is 1. The normalized spacial score (nSPS) is 10.2. The fraction of sp³-hybridized carbons (Fsp3) is 0.167. The number of ether oxygens (including phenoxy) is 1. The van der Waals surface area contributed by atoms with Crippen LogP contribution in [0.5, 0.6) is 5.75 Å². The first-order valence-electron chi connectivity index (χ1n) is 5.03. The molecule has 2 aromatic rings. The number of nitrogens with zero attached hydrogens (tertiary/aromatic N) is 2. The molecule has 5 heteroatoms. The molecular weight excluding hydrogens is 220 g/mol. The second-order valence-corrected chi connectivity index (χ2v) is 3.59. The molecule has 17 heavy (non-hydrogen) atoms. The summed E-state index contributed by atoms with van der Waals surface area (Å²) in [6, 6.07) is 7.30. The molecule has 1 aromatic heterocycles. The van der Waals surface area contributed by atoms with Gasteiger partial charge in [0.1, 0.15) is 5.75 Å². The van der Waals surface area contributed by atoms with Crippen molar-refractivity contribution in [3.8, 4) is 17.0 Å². The van der Waals surface area contributed by atoms with Gasteiger partial charge in [-0.2, -0.15) is 0 Å². The molecule has 0 atom stereocenters. The molecule has 88 valence electrons. The number of benzene rings is 1. The lowest BCUT2D eigenvalue weighted by atomic mass is 10.2. The summed E-state index contributed by atoms with van der Waals surface area (Å²) in [5.41, 5.74) is 1.49. The highest BCUT2D eigenvalue weighted by Gasteiger charge is 2.12. The highest BCUT2D eigenvalue weighted by molar-refractivity contribution is 5.84. The number of carboxylic acid groups (broad SMARTS) is 1. The molecule has 0 bridgehead atoms. The van der Waals surface area contributed by atoms with Crippen molar-refractivity contribution in [3.05, 3.63) is 36.3 Å². The summed E-state index contributed by atoms with van der Waals surface area (Å²) in [7, 11) is 3.25. The van der Waals surface area contributed by atoms with Crippen LogP contribution < -0.4 is 4.74 Å². The Labute approximate surface area is 98.3 Å². The van der Waals surface area contributed by atoms with E-state index in [1.807, 2.05) is 24.3 Å². The van der Waals surface area contributed by atoms with Gasteiger partial charge in [-0.15, -0.1) is 0 Å². The number of rotatable bonds is 3. The minimum absolute atomic E-state index is 0.0239. The largest absolute Gasteiger partial charge is 0.497 e. The van der Waals surface area contributed by atoms with Crippen LogP contribution in [0.15, 0.2) is 30.5 Å². The molecule has 0 fully saturated rings. The van der Waals surface area contributed by atoms with Gasteiger partial charge in [0.25, 0.3) is 0 Å². The van der Waals surface area contributed by atoms with Crippen LogP contribution in [0.3, 0.4) is 0 Å². The number of imidazole rings is 1. The van der Waals surface area contributed by atoms with Gasteiger partial charge in [-0.25, -0.2) is 9.78 Å². The van der Waals surface area contributed by atoms with Crippen LogP contribution in [0.1, 0.15) is 10.6 Å². The molecule has 0 aliphatic heterocycles. The molecule has 0 spiro atoms. The standard InChI is InChI=1S/C12H12N2O3/c1-14-7-10(13-11(14)12(15)16)8-3-5-9(17-2)6-4-8/h3-7H,1-2H3,(H,15,16). The Morgan fingerprint density at radius 1 is 1.35 bits per heavy atom. The Balaban J connectivity index is 2.39. The van der Waals surface area contributed by atoms with E-state index in [4.69, 9.17) is 9.84 Å². The van der Waals surface area contributed by atoms with Crippen molar-refractivity contribution < 1.29 is 14.6 Å². The number of aromatic carboxylic acids is 1. The number of aryl methyl sites for hydroxylation is 1. The predicted octanol–water partition coefficient (Wildman–Crippen LogP) is 1.79. The molecule has 0 amide bonds. The average molecular weight is 232 g/mol. The van der Waals surface area contributed by atoms with Crippen molar-refractivity contribution in [1.82, 2.24) is 9.55 Å². The summed E-state index contributed by atoms with van der Waals surface area (Å²) < 4.78 is 6.54.